The fraction of sp³-hybridized carbons (Fsp3) is 0.435. The number of piperazine rings is 1. The molecule has 5 rings (SSSR count). The first-order chi connectivity index (χ1) is 16.0. The molecule has 0 radical (unpaired) electrons. The van der Waals surface area contributed by atoms with E-state index < -0.39 is 4.92 Å². The average Bonchev–Trinajstić information content (AvgIpc) is 3.22. The number of nitro benzene ring substituents is 1. The monoisotopic (exact) mass is 466 g/mol. The molecule has 0 saturated carbocycles. The van der Waals surface area contributed by atoms with E-state index in [0.717, 1.165) is 35.7 Å². The highest BCUT2D eigenvalue weighted by Gasteiger charge is 2.27. The Labute approximate surface area is 195 Å². The summed E-state index contributed by atoms with van der Waals surface area (Å²) in [5.74, 6) is 1.89. The van der Waals surface area contributed by atoms with Crippen LogP contribution in [-0.2, 0) is 19.3 Å². The molecular formula is C23H26N6O3S. The van der Waals surface area contributed by atoms with Crippen molar-refractivity contribution in [2.75, 3.05) is 36.4 Å². The normalized spacial score (nSPS) is 16.0. The molecule has 10 heteroatoms. The SMILES string of the molecule is CCc1nc(N2CCN(C(=O)Nc3ccc([N+](=O)[O-])cc3)CC2)c2c3c(sc2n1)CCCC3. The second-order valence-electron chi connectivity index (χ2n) is 8.42. The van der Waals surface area contributed by atoms with Crippen molar-refractivity contribution in [1.29, 1.82) is 0 Å². The zero-order valence-electron chi connectivity index (χ0n) is 18.5. The van der Waals surface area contributed by atoms with Gasteiger partial charge in [0.2, 0.25) is 0 Å². The summed E-state index contributed by atoms with van der Waals surface area (Å²) in [5.41, 5.74) is 1.97. The third-order valence-electron chi connectivity index (χ3n) is 6.35. The van der Waals surface area contributed by atoms with Gasteiger partial charge < -0.3 is 15.1 Å². The smallest absolute Gasteiger partial charge is 0.321 e. The number of non-ortho nitro benzene ring substituents is 1. The van der Waals surface area contributed by atoms with Gasteiger partial charge in [-0.15, -0.1) is 11.3 Å². The number of amides is 2. The molecule has 0 atom stereocenters. The van der Waals surface area contributed by atoms with E-state index in [1.54, 1.807) is 17.0 Å². The van der Waals surface area contributed by atoms with Gasteiger partial charge in [0.05, 0.1) is 10.3 Å². The lowest BCUT2D eigenvalue weighted by Crippen LogP contribution is -2.50. The van der Waals surface area contributed by atoms with Crippen LogP contribution in [0.25, 0.3) is 10.2 Å². The highest BCUT2D eigenvalue weighted by Crippen LogP contribution is 2.40. The molecule has 3 heterocycles. The van der Waals surface area contributed by atoms with Crippen molar-refractivity contribution in [2.45, 2.75) is 39.0 Å². The Kier molecular flexibility index (Phi) is 5.84. The van der Waals surface area contributed by atoms with E-state index in [1.807, 2.05) is 11.3 Å². The molecule has 3 aromatic rings. The molecule has 9 nitrogen and oxygen atoms in total. The number of carbonyl (C=O) groups is 1. The number of nitro groups is 1. The molecule has 1 aliphatic heterocycles. The van der Waals surface area contributed by atoms with Crippen molar-refractivity contribution in [3.8, 4) is 0 Å². The number of benzene rings is 1. The summed E-state index contributed by atoms with van der Waals surface area (Å²) in [6.45, 7) is 4.65. The number of aromatic nitrogens is 2. The highest BCUT2D eigenvalue weighted by molar-refractivity contribution is 7.19. The standard InChI is InChI=1S/C23H26N6O3S/c1-2-19-25-21(20-17-5-3-4-6-18(17)33-22(20)26-19)27-11-13-28(14-12-27)23(30)24-15-7-9-16(10-8-15)29(31)32/h7-10H,2-6,11-14H2,1H3,(H,24,30). The van der Waals surface area contributed by atoms with Crippen molar-refractivity contribution in [1.82, 2.24) is 14.9 Å². The quantitative estimate of drug-likeness (QED) is 0.452. The summed E-state index contributed by atoms with van der Waals surface area (Å²) in [7, 11) is 0. The number of hydrogen-bond donors (Lipinski definition) is 1. The molecule has 1 aromatic carbocycles. The number of carbonyl (C=O) groups excluding carboxylic acids is 1. The largest absolute Gasteiger partial charge is 0.352 e. The molecule has 1 saturated heterocycles. The predicted octanol–water partition coefficient (Wildman–Crippen LogP) is 4.39. The molecule has 33 heavy (non-hydrogen) atoms. The van der Waals surface area contributed by atoms with Crippen molar-refractivity contribution < 1.29 is 9.72 Å². The van der Waals surface area contributed by atoms with Crippen LogP contribution in [0, 0.1) is 10.1 Å². The fourth-order valence-electron chi connectivity index (χ4n) is 4.56. The van der Waals surface area contributed by atoms with Gasteiger partial charge in [-0.3, -0.25) is 10.1 Å². The van der Waals surface area contributed by atoms with Crippen LogP contribution < -0.4 is 10.2 Å². The number of rotatable bonds is 4. The Morgan fingerprint density at radius 3 is 2.55 bits per heavy atom. The Hall–Kier alpha value is -3.27. The molecule has 0 unspecified atom stereocenters. The van der Waals surface area contributed by atoms with Crippen LogP contribution in [-0.4, -0.2) is 52.0 Å². The van der Waals surface area contributed by atoms with Gasteiger partial charge in [-0.25, -0.2) is 14.8 Å². The lowest BCUT2D eigenvalue weighted by molar-refractivity contribution is -0.384. The van der Waals surface area contributed by atoms with E-state index in [2.05, 4.69) is 17.1 Å². The Balaban J connectivity index is 1.31. The number of aryl methyl sites for hydroxylation is 3. The van der Waals surface area contributed by atoms with E-state index in [-0.39, 0.29) is 11.7 Å². The van der Waals surface area contributed by atoms with Gasteiger partial charge in [0.25, 0.3) is 5.69 Å². The van der Waals surface area contributed by atoms with Crippen molar-refractivity contribution >= 4 is 44.8 Å². The third kappa shape index (κ3) is 4.22. The Bertz CT molecular complexity index is 1200. The van der Waals surface area contributed by atoms with E-state index in [4.69, 9.17) is 9.97 Å². The minimum atomic E-state index is -0.455. The lowest BCUT2D eigenvalue weighted by Gasteiger charge is -2.36. The number of nitrogens with one attached hydrogen (secondary N) is 1. The summed E-state index contributed by atoms with van der Waals surface area (Å²) in [6, 6.07) is 5.69. The van der Waals surface area contributed by atoms with E-state index in [9.17, 15) is 14.9 Å². The lowest BCUT2D eigenvalue weighted by atomic mass is 9.97. The number of thiophene rings is 1. The van der Waals surface area contributed by atoms with Gasteiger partial charge in [-0.2, -0.15) is 0 Å². The zero-order chi connectivity index (χ0) is 22.9. The molecule has 1 aliphatic carbocycles. The Morgan fingerprint density at radius 1 is 1.12 bits per heavy atom. The first-order valence-corrected chi connectivity index (χ1v) is 12.2. The summed E-state index contributed by atoms with van der Waals surface area (Å²) >= 11 is 1.82. The summed E-state index contributed by atoms with van der Waals surface area (Å²) in [4.78, 5) is 39.5. The molecule has 1 N–H and O–H groups in total. The second kappa shape index (κ2) is 8.93. The van der Waals surface area contributed by atoms with Crippen molar-refractivity contribution in [3.63, 3.8) is 0 Å². The number of hydrogen-bond acceptors (Lipinski definition) is 7. The van der Waals surface area contributed by atoms with Crippen molar-refractivity contribution in [2.24, 2.45) is 0 Å². The first kappa shape index (κ1) is 21.6. The number of anilines is 2. The van der Waals surface area contributed by atoms with Gasteiger partial charge in [-0.05, 0) is 43.4 Å². The minimum Gasteiger partial charge on any atom is -0.352 e. The van der Waals surface area contributed by atoms with Gasteiger partial charge in [0.1, 0.15) is 16.5 Å². The van der Waals surface area contributed by atoms with Crippen LogP contribution in [0.5, 0.6) is 0 Å². The Morgan fingerprint density at radius 2 is 1.85 bits per heavy atom. The van der Waals surface area contributed by atoms with Crippen LogP contribution >= 0.6 is 11.3 Å². The van der Waals surface area contributed by atoms with E-state index in [1.165, 1.54) is 40.8 Å². The van der Waals surface area contributed by atoms with Gasteiger partial charge in [0.15, 0.2) is 0 Å². The van der Waals surface area contributed by atoms with Crippen LogP contribution in [0.3, 0.4) is 0 Å². The van der Waals surface area contributed by atoms with E-state index >= 15 is 0 Å². The van der Waals surface area contributed by atoms with Gasteiger partial charge in [0, 0.05) is 55.3 Å². The predicted molar refractivity (Wildman–Crippen MR) is 129 cm³/mol. The average molecular weight is 467 g/mol. The van der Waals surface area contributed by atoms with Gasteiger partial charge >= 0.3 is 6.03 Å². The molecule has 172 valence electrons. The number of urea groups is 1. The molecule has 2 amide bonds. The summed E-state index contributed by atoms with van der Waals surface area (Å²) in [6.07, 6.45) is 5.47. The van der Waals surface area contributed by atoms with Crippen LogP contribution in [0.15, 0.2) is 24.3 Å². The zero-order valence-corrected chi connectivity index (χ0v) is 19.4. The van der Waals surface area contributed by atoms with Crippen LogP contribution in [0.2, 0.25) is 0 Å². The molecule has 2 aromatic heterocycles. The highest BCUT2D eigenvalue weighted by atomic mass is 32.1. The third-order valence-corrected chi connectivity index (χ3v) is 7.54. The topological polar surface area (TPSA) is 105 Å². The molecular weight excluding hydrogens is 440 g/mol. The number of fused-ring (bicyclic) bond motifs is 3. The second-order valence-corrected chi connectivity index (χ2v) is 9.50. The van der Waals surface area contributed by atoms with Gasteiger partial charge in [-0.1, -0.05) is 6.92 Å². The molecule has 0 bridgehead atoms. The minimum absolute atomic E-state index is 0.000143. The maximum absolute atomic E-state index is 12.7. The van der Waals surface area contributed by atoms with Crippen molar-refractivity contribution in [3.05, 3.63) is 50.6 Å². The van der Waals surface area contributed by atoms with E-state index in [0.29, 0.717) is 31.9 Å². The summed E-state index contributed by atoms with van der Waals surface area (Å²) < 4.78 is 0. The molecule has 1 fully saturated rings. The first-order valence-electron chi connectivity index (χ1n) is 11.4. The maximum Gasteiger partial charge on any atom is 0.321 e. The molecule has 2 aliphatic rings. The molecule has 0 spiro atoms. The summed E-state index contributed by atoms with van der Waals surface area (Å²) in [5, 5.41) is 14.9. The van der Waals surface area contributed by atoms with Crippen LogP contribution in [0.4, 0.5) is 22.0 Å². The van der Waals surface area contributed by atoms with Crippen LogP contribution in [0.1, 0.15) is 36.0 Å². The maximum atomic E-state index is 12.7. The number of nitrogens with zero attached hydrogens (tertiary/aromatic N) is 5. The fourth-order valence-corrected chi connectivity index (χ4v) is 5.83.